The van der Waals surface area contributed by atoms with Crippen LogP contribution < -0.4 is 24.8 Å². The van der Waals surface area contributed by atoms with Gasteiger partial charge in [-0.2, -0.15) is 0 Å². The third-order valence-electron chi connectivity index (χ3n) is 11.4. The predicted molar refractivity (Wildman–Crippen MR) is 209 cm³/mol. The van der Waals surface area contributed by atoms with Gasteiger partial charge in [-0.25, -0.2) is 23.0 Å². The lowest BCUT2D eigenvalue weighted by Crippen LogP contribution is -2.58. The van der Waals surface area contributed by atoms with E-state index in [-0.39, 0.29) is 44.2 Å². The van der Waals surface area contributed by atoms with Crippen molar-refractivity contribution in [3.8, 4) is 11.6 Å². The monoisotopic (exact) mass is 838 g/mol. The number of rotatable bonds is 14. The van der Waals surface area contributed by atoms with Crippen molar-refractivity contribution in [1.82, 2.24) is 30.1 Å². The number of alkyl carbamates (subject to hydrolysis) is 1. The molecule has 1 aromatic carbocycles. The normalized spacial score (nSPS) is 26.6. The Kier molecular flexibility index (Phi) is 11.3. The molecule has 7 rings (SSSR count). The summed E-state index contributed by atoms with van der Waals surface area (Å²) in [5, 5.41) is 6.04. The van der Waals surface area contributed by atoms with Crippen LogP contribution in [-0.2, 0) is 43.5 Å². The van der Waals surface area contributed by atoms with Gasteiger partial charge < -0.3 is 39.4 Å². The van der Waals surface area contributed by atoms with Crippen LogP contribution in [0, 0.1) is 5.92 Å². The summed E-state index contributed by atoms with van der Waals surface area (Å²) in [7, 11) is -2.42. The molecule has 19 heteroatoms. The molecule has 4 heterocycles. The number of carbonyl (C=O) groups is 6. The number of nitrogens with one attached hydrogen (secondary N) is 3. The Hall–Kier alpha value is -5.46. The van der Waals surface area contributed by atoms with Crippen LogP contribution >= 0.6 is 0 Å². The summed E-state index contributed by atoms with van der Waals surface area (Å²) in [6.45, 7) is 8.82. The second-order valence-corrected chi connectivity index (χ2v) is 18.8. The number of hydrogen-bond acceptors (Lipinski definition) is 13. The predicted octanol–water partition coefficient (Wildman–Crippen LogP) is 1.85. The molecule has 0 spiro atoms. The third-order valence-corrected chi connectivity index (χ3v) is 13.2. The minimum Gasteiger partial charge on any atom is -0.497 e. The minimum atomic E-state index is -3.96. The minimum absolute atomic E-state index is 0.0783. The number of ether oxygens (including phenoxy) is 4. The van der Waals surface area contributed by atoms with Gasteiger partial charge in [0, 0.05) is 49.7 Å². The first-order valence-electron chi connectivity index (χ1n) is 19.8. The molecule has 18 nitrogen and oxygen atoms in total. The van der Waals surface area contributed by atoms with E-state index in [1.165, 1.54) is 15.9 Å². The number of likely N-dealkylation sites (tertiary alicyclic amines) is 2. The van der Waals surface area contributed by atoms with Gasteiger partial charge in [0.25, 0.3) is 5.91 Å². The highest BCUT2D eigenvalue weighted by Crippen LogP contribution is 2.45. The number of sulfonamides is 1. The lowest BCUT2D eigenvalue weighted by atomic mass is 10.0. The molecular formula is C40H50N6O12S. The van der Waals surface area contributed by atoms with Crippen LogP contribution in [0.5, 0.6) is 11.6 Å². The van der Waals surface area contributed by atoms with Gasteiger partial charge in [-0.3, -0.25) is 23.9 Å². The van der Waals surface area contributed by atoms with Crippen LogP contribution in [0.4, 0.5) is 4.79 Å². The van der Waals surface area contributed by atoms with Gasteiger partial charge in [-0.15, -0.1) is 6.58 Å². The number of amides is 5. The molecule has 318 valence electrons. The van der Waals surface area contributed by atoms with Crippen molar-refractivity contribution >= 4 is 56.5 Å². The molecule has 2 aliphatic carbocycles. The number of nitrogens with zero attached hydrogens (tertiary/aromatic N) is 3. The topological polar surface area (TPSA) is 229 Å². The molecule has 0 radical (unpaired) electrons. The second-order valence-electron chi connectivity index (χ2n) is 16.8. The molecule has 5 aliphatic rings. The Labute approximate surface area is 341 Å². The Morgan fingerprint density at radius 1 is 1.10 bits per heavy atom. The number of methoxy groups -OCH3 is 1. The maximum atomic E-state index is 14.7. The van der Waals surface area contributed by atoms with Crippen LogP contribution in [0.15, 0.2) is 43.1 Å². The van der Waals surface area contributed by atoms with E-state index >= 15 is 0 Å². The van der Waals surface area contributed by atoms with Gasteiger partial charge in [0.2, 0.25) is 33.6 Å². The van der Waals surface area contributed by atoms with Crippen LogP contribution in [0.2, 0.25) is 0 Å². The van der Waals surface area contributed by atoms with Crippen molar-refractivity contribution < 1.29 is 56.1 Å². The van der Waals surface area contributed by atoms with Crippen molar-refractivity contribution in [3.05, 3.63) is 43.1 Å². The first-order valence-corrected chi connectivity index (χ1v) is 21.4. The van der Waals surface area contributed by atoms with Crippen molar-refractivity contribution in [2.24, 2.45) is 5.92 Å². The molecule has 2 saturated carbocycles. The van der Waals surface area contributed by atoms with Gasteiger partial charge in [-0.05, 0) is 76.1 Å². The zero-order chi connectivity index (χ0) is 42.4. The summed E-state index contributed by atoms with van der Waals surface area (Å²) in [6, 6.07) is 3.68. The van der Waals surface area contributed by atoms with E-state index in [1.807, 2.05) is 0 Å². The van der Waals surface area contributed by atoms with Gasteiger partial charge >= 0.3 is 12.1 Å². The zero-order valence-electron chi connectivity index (χ0n) is 33.4. The summed E-state index contributed by atoms with van der Waals surface area (Å²) in [5.74, 6) is -3.06. The lowest BCUT2D eigenvalue weighted by molar-refractivity contribution is -0.147. The van der Waals surface area contributed by atoms with Gasteiger partial charge in [0.1, 0.15) is 47.2 Å². The quantitative estimate of drug-likeness (QED) is 0.183. The molecular weight excluding hydrogens is 789 g/mol. The fraction of sp³-hybridized carbons (Fsp3) is 0.575. The number of carbonyl (C=O) groups excluding carboxylic acids is 6. The number of fused-ring (bicyclic) bond motifs is 3. The highest BCUT2D eigenvalue weighted by molar-refractivity contribution is 7.91. The number of pyridine rings is 1. The molecule has 0 unspecified atom stereocenters. The number of hydrogen-bond donors (Lipinski definition) is 3. The highest BCUT2D eigenvalue weighted by atomic mass is 32.2. The molecule has 3 saturated heterocycles. The van der Waals surface area contributed by atoms with Crippen LogP contribution in [0.25, 0.3) is 10.8 Å². The Balaban J connectivity index is 1.16. The maximum Gasteiger partial charge on any atom is 0.408 e. The summed E-state index contributed by atoms with van der Waals surface area (Å²) >= 11 is 0. The summed E-state index contributed by atoms with van der Waals surface area (Å²) in [5.41, 5.74) is -2.58. The van der Waals surface area contributed by atoms with Crippen molar-refractivity contribution in [2.45, 2.75) is 119 Å². The van der Waals surface area contributed by atoms with Crippen LogP contribution in [-0.4, -0.2) is 126 Å². The largest absolute Gasteiger partial charge is 0.497 e. The summed E-state index contributed by atoms with van der Waals surface area (Å²) in [4.78, 5) is 89.0. The maximum absolute atomic E-state index is 14.7. The fourth-order valence-corrected chi connectivity index (χ4v) is 9.39. The fourth-order valence-electron chi connectivity index (χ4n) is 8.02. The van der Waals surface area contributed by atoms with Crippen LogP contribution in [0.1, 0.15) is 72.1 Å². The molecule has 1 aromatic heterocycles. The average molecular weight is 839 g/mol. The first-order chi connectivity index (χ1) is 27.9. The van der Waals surface area contributed by atoms with Crippen molar-refractivity contribution in [2.75, 3.05) is 20.2 Å². The molecule has 7 atom stereocenters. The molecule has 5 amide bonds. The Morgan fingerprint density at radius 3 is 2.54 bits per heavy atom. The average Bonchev–Trinajstić information content (AvgIpc) is 4.10. The van der Waals surface area contributed by atoms with E-state index in [0.29, 0.717) is 43.4 Å². The molecule has 3 aliphatic heterocycles. The number of benzene rings is 1. The van der Waals surface area contributed by atoms with Gasteiger partial charge in [0.15, 0.2) is 0 Å². The highest BCUT2D eigenvalue weighted by Gasteiger charge is 2.62. The van der Waals surface area contributed by atoms with E-state index in [4.69, 9.17) is 18.9 Å². The van der Waals surface area contributed by atoms with Crippen LogP contribution in [0.3, 0.4) is 0 Å². The SMILES string of the molecule is C=C[C@@H]1C[C@]1(NC(=O)[C@@H]1C[C@@H](Oc2nccc3cc(OC)ccc23)CN1C(=O)[C@H](CCC(=O)N1CC[C@@H]2C[C@@H]1C(=O)O2)NC(=O)OC(C)(C)C)C(=O)NS(=O)(=O)C1CC1. The molecule has 2 aromatic rings. The summed E-state index contributed by atoms with van der Waals surface area (Å²) in [6.07, 6.45) is 2.23. The molecule has 3 N–H and O–H groups in total. The van der Waals surface area contributed by atoms with E-state index in [0.717, 1.165) is 5.39 Å². The van der Waals surface area contributed by atoms with E-state index in [9.17, 15) is 37.2 Å². The van der Waals surface area contributed by atoms with E-state index in [2.05, 4.69) is 26.9 Å². The zero-order valence-corrected chi connectivity index (χ0v) is 34.2. The smallest absolute Gasteiger partial charge is 0.408 e. The van der Waals surface area contributed by atoms with Gasteiger partial charge in [0.05, 0.1) is 18.9 Å². The molecule has 2 bridgehead atoms. The number of piperidine rings is 1. The first kappa shape index (κ1) is 41.7. The van der Waals surface area contributed by atoms with E-state index in [1.54, 1.807) is 58.3 Å². The third kappa shape index (κ3) is 8.94. The lowest BCUT2D eigenvalue weighted by Gasteiger charge is -2.32. The number of esters is 1. The second kappa shape index (κ2) is 16.0. The van der Waals surface area contributed by atoms with E-state index < -0.39 is 92.3 Å². The van der Waals surface area contributed by atoms with Crippen molar-refractivity contribution in [3.63, 3.8) is 0 Å². The standard InChI is InChI=1S/C40H50N6O12S/c1-6-23-20-40(23,37(51)44-59(53,54)27-8-9-27)43-33(48)30-19-26(56-34-28-10-7-24(55-5)17-22(28)13-15-41-34)21-46(30)35(49)29(42-38(52)58-39(2,3)4)11-12-32(47)45-16-14-25-18-31(45)36(50)57-25/h6-7,10,13,15,17,23,25-27,29-31H,1,8-9,11-12,14,16,18-21H2,2-5H3,(H,42,52)(H,43,48)(H,44,51)/t23-,25-,26-,29+,30+,31-,40-/m1/s1. The Morgan fingerprint density at radius 2 is 1.86 bits per heavy atom. The molecule has 5 fully saturated rings. The molecule has 59 heavy (non-hydrogen) atoms. The number of aromatic nitrogens is 1. The van der Waals surface area contributed by atoms with Crippen molar-refractivity contribution in [1.29, 1.82) is 0 Å². The Bertz CT molecular complexity index is 2170. The van der Waals surface area contributed by atoms with Gasteiger partial charge in [-0.1, -0.05) is 6.08 Å². The summed E-state index contributed by atoms with van der Waals surface area (Å²) < 4.78 is 50.2.